The molecule has 0 radical (unpaired) electrons. The predicted octanol–water partition coefficient (Wildman–Crippen LogP) is 3.68. The number of nitrogens with two attached hydrogens (primary N) is 1. The number of hydrogen-bond acceptors (Lipinski definition) is 9. The number of ether oxygens (including phenoxy) is 1. The first kappa shape index (κ1) is 34.3. The first-order valence-electron chi connectivity index (χ1n) is 16.2. The van der Waals surface area contributed by atoms with Gasteiger partial charge < -0.3 is 19.9 Å². The molecular weight excluding hydrogens is 618 g/mol. The smallest absolute Gasteiger partial charge is 0.337 e. The van der Waals surface area contributed by atoms with E-state index in [4.69, 9.17) is 15.5 Å². The maximum Gasteiger partial charge on any atom is 0.337 e. The first-order chi connectivity index (χ1) is 22.6. The lowest BCUT2D eigenvalue weighted by atomic mass is 10.1. The van der Waals surface area contributed by atoms with E-state index in [1.807, 2.05) is 40.1 Å². The van der Waals surface area contributed by atoms with Gasteiger partial charge in [0, 0.05) is 51.1 Å². The predicted molar refractivity (Wildman–Crippen MR) is 183 cm³/mol. The summed E-state index contributed by atoms with van der Waals surface area (Å²) >= 11 is 0. The number of sulfonamides is 1. The first-order valence-corrected chi connectivity index (χ1v) is 18.1. The lowest BCUT2D eigenvalue weighted by molar-refractivity contribution is -0.133. The van der Waals surface area contributed by atoms with Crippen LogP contribution in [0.2, 0.25) is 0 Å². The molecule has 1 aliphatic heterocycles. The molecule has 12 nitrogen and oxygen atoms in total. The van der Waals surface area contributed by atoms with Gasteiger partial charge >= 0.3 is 5.97 Å². The molecule has 2 N–H and O–H groups in total. The molecule has 0 bridgehead atoms. The van der Waals surface area contributed by atoms with E-state index >= 15 is 0 Å². The SMILES string of the molecule is CCCCc1nc2c(N)nc3ccccc3c2n1CCCN(Cc1cccc(C(=O)OC)c1)C(=O)CN1CCCN(S(C)(=O)=O)CC1. The van der Waals surface area contributed by atoms with Crippen molar-refractivity contribution in [2.24, 2.45) is 0 Å². The minimum Gasteiger partial charge on any atom is -0.465 e. The number of nitrogen functional groups attached to an aromatic ring is 1. The molecule has 1 saturated heterocycles. The average Bonchev–Trinajstić information content (AvgIpc) is 3.24. The van der Waals surface area contributed by atoms with Crippen LogP contribution < -0.4 is 5.73 Å². The Morgan fingerprint density at radius 3 is 2.60 bits per heavy atom. The Kier molecular flexibility index (Phi) is 11.1. The number of pyridine rings is 1. The number of unbranched alkanes of at least 4 members (excludes halogenated alkanes) is 1. The third-order valence-electron chi connectivity index (χ3n) is 8.70. The molecule has 252 valence electrons. The Hall–Kier alpha value is -4.07. The van der Waals surface area contributed by atoms with Gasteiger partial charge in [-0.1, -0.05) is 43.7 Å². The van der Waals surface area contributed by atoms with Crippen molar-refractivity contribution >= 4 is 49.7 Å². The molecule has 1 aliphatic rings. The van der Waals surface area contributed by atoms with Crippen molar-refractivity contribution < 1.29 is 22.7 Å². The summed E-state index contributed by atoms with van der Waals surface area (Å²) in [6.45, 7) is 5.66. The van der Waals surface area contributed by atoms with Crippen molar-refractivity contribution in [3.8, 4) is 0 Å². The zero-order chi connectivity index (χ0) is 33.6. The number of esters is 1. The molecule has 2 aromatic heterocycles. The fourth-order valence-corrected chi connectivity index (χ4v) is 7.12. The summed E-state index contributed by atoms with van der Waals surface area (Å²) in [6, 6.07) is 15.1. The third-order valence-corrected chi connectivity index (χ3v) is 10.0. The molecule has 0 aliphatic carbocycles. The Labute approximate surface area is 276 Å². The van der Waals surface area contributed by atoms with E-state index in [0.717, 1.165) is 47.1 Å². The number of para-hydroxylation sites is 1. The van der Waals surface area contributed by atoms with Crippen LogP contribution in [0.5, 0.6) is 0 Å². The number of nitrogens with zero attached hydrogens (tertiary/aromatic N) is 6. The number of imidazole rings is 1. The van der Waals surface area contributed by atoms with E-state index in [-0.39, 0.29) is 12.5 Å². The van der Waals surface area contributed by atoms with Gasteiger partial charge in [0.15, 0.2) is 5.82 Å². The molecule has 1 fully saturated rings. The number of carbonyl (C=O) groups is 2. The van der Waals surface area contributed by atoms with Gasteiger partial charge in [-0.2, -0.15) is 0 Å². The van der Waals surface area contributed by atoms with E-state index in [2.05, 4.69) is 16.5 Å². The van der Waals surface area contributed by atoms with Crippen LogP contribution >= 0.6 is 0 Å². The molecule has 0 saturated carbocycles. The van der Waals surface area contributed by atoms with Crippen molar-refractivity contribution in [1.29, 1.82) is 0 Å². The third kappa shape index (κ3) is 8.27. The molecule has 0 unspecified atom stereocenters. The number of rotatable bonds is 13. The van der Waals surface area contributed by atoms with Crippen molar-refractivity contribution in [1.82, 2.24) is 28.6 Å². The maximum absolute atomic E-state index is 13.9. The Bertz CT molecular complexity index is 1840. The number of hydrogen-bond donors (Lipinski definition) is 1. The fraction of sp³-hybridized carbons (Fsp3) is 0.471. The molecule has 47 heavy (non-hydrogen) atoms. The standard InChI is InChI=1S/C34H45N7O5S/c1-4-5-15-29-37-31-32(27-13-6-7-14-28(27)36-33(31)35)41(29)19-10-17-39(23-25-11-8-12-26(22-25)34(43)46-2)30(42)24-38-16-9-18-40(21-20-38)47(3,44)45/h6-8,11-14,22H,4-5,9-10,15-21,23-24H2,1-3H3,(H2,35,36). The van der Waals surface area contributed by atoms with Crippen LogP contribution in [0.15, 0.2) is 48.5 Å². The van der Waals surface area contributed by atoms with Gasteiger partial charge in [-0.25, -0.2) is 27.5 Å². The summed E-state index contributed by atoms with van der Waals surface area (Å²) in [6.07, 6.45) is 5.36. The van der Waals surface area contributed by atoms with Crippen LogP contribution in [0.25, 0.3) is 21.9 Å². The monoisotopic (exact) mass is 663 g/mol. The maximum atomic E-state index is 13.9. The Morgan fingerprint density at radius 2 is 1.83 bits per heavy atom. The molecule has 3 heterocycles. The molecule has 1 amide bonds. The van der Waals surface area contributed by atoms with Gasteiger partial charge in [0.25, 0.3) is 0 Å². The van der Waals surface area contributed by atoms with Gasteiger partial charge in [0.1, 0.15) is 11.3 Å². The molecule has 0 spiro atoms. The second kappa shape index (κ2) is 15.2. The van der Waals surface area contributed by atoms with Crippen LogP contribution in [0.3, 0.4) is 0 Å². The Balaban J connectivity index is 1.39. The minimum absolute atomic E-state index is 0.0538. The molecule has 5 rings (SSSR count). The summed E-state index contributed by atoms with van der Waals surface area (Å²) in [5.41, 5.74) is 10.1. The quantitative estimate of drug-likeness (QED) is 0.212. The van der Waals surface area contributed by atoms with E-state index < -0.39 is 16.0 Å². The number of benzene rings is 2. The van der Waals surface area contributed by atoms with E-state index in [1.165, 1.54) is 17.7 Å². The topological polar surface area (TPSA) is 144 Å². The Morgan fingerprint density at radius 1 is 1.02 bits per heavy atom. The highest BCUT2D eigenvalue weighted by molar-refractivity contribution is 7.88. The molecular formula is C34H45N7O5S. The number of aryl methyl sites for hydroxylation is 2. The van der Waals surface area contributed by atoms with Crippen molar-refractivity contribution in [2.75, 3.05) is 58.4 Å². The molecule has 13 heteroatoms. The minimum atomic E-state index is -3.29. The lowest BCUT2D eigenvalue weighted by Crippen LogP contribution is -2.42. The number of carbonyl (C=O) groups excluding carboxylic acids is 2. The summed E-state index contributed by atoms with van der Waals surface area (Å²) in [4.78, 5) is 39.6. The zero-order valence-electron chi connectivity index (χ0n) is 27.5. The number of amides is 1. The average molecular weight is 664 g/mol. The highest BCUT2D eigenvalue weighted by atomic mass is 32.2. The van der Waals surface area contributed by atoms with Crippen molar-refractivity contribution in [2.45, 2.75) is 52.1 Å². The van der Waals surface area contributed by atoms with Crippen LogP contribution in [0, 0.1) is 0 Å². The summed E-state index contributed by atoms with van der Waals surface area (Å²) < 4.78 is 32.9. The van der Waals surface area contributed by atoms with Crippen LogP contribution in [-0.2, 0) is 39.1 Å². The molecule has 0 atom stereocenters. The van der Waals surface area contributed by atoms with Gasteiger partial charge in [-0.15, -0.1) is 0 Å². The number of aromatic nitrogens is 3. The van der Waals surface area contributed by atoms with E-state index in [0.29, 0.717) is 75.6 Å². The largest absolute Gasteiger partial charge is 0.465 e. The van der Waals surface area contributed by atoms with Gasteiger partial charge in [0.2, 0.25) is 15.9 Å². The summed E-state index contributed by atoms with van der Waals surface area (Å²) in [5, 5.41) is 0.990. The number of methoxy groups -OCH3 is 1. The number of anilines is 1. The molecule has 4 aromatic rings. The molecule has 2 aromatic carbocycles. The van der Waals surface area contributed by atoms with Gasteiger partial charge in [0.05, 0.1) is 36.5 Å². The van der Waals surface area contributed by atoms with E-state index in [1.54, 1.807) is 18.2 Å². The fourth-order valence-electron chi connectivity index (χ4n) is 6.25. The lowest BCUT2D eigenvalue weighted by Gasteiger charge is -2.27. The highest BCUT2D eigenvalue weighted by Crippen LogP contribution is 2.29. The highest BCUT2D eigenvalue weighted by Gasteiger charge is 2.25. The van der Waals surface area contributed by atoms with Gasteiger partial charge in [-0.05, 0) is 49.6 Å². The van der Waals surface area contributed by atoms with Crippen LogP contribution in [0.4, 0.5) is 5.82 Å². The summed E-state index contributed by atoms with van der Waals surface area (Å²) in [5.74, 6) is 0.874. The second-order valence-electron chi connectivity index (χ2n) is 12.1. The zero-order valence-corrected chi connectivity index (χ0v) is 28.3. The van der Waals surface area contributed by atoms with Gasteiger partial charge in [-0.3, -0.25) is 9.69 Å². The normalized spacial score (nSPS) is 14.8. The summed E-state index contributed by atoms with van der Waals surface area (Å²) in [7, 11) is -1.95. The second-order valence-corrected chi connectivity index (χ2v) is 14.1. The van der Waals surface area contributed by atoms with Crippen molar-refractivity contribution in [3.63, 3.8) is 0 Å². The van der Waals surface area contributed by atoms with Crippen LogP contribution in [0.1, 0.15) is 54.4 Å². The number of fused-ring (bicyclic) bond motifs is 3. The van der Waals surface area contributed by atoms with Crippen LogP contribution in [-0.4, -0.2) is 102 Å². The van der Waals surface area contributed by atoms with E-state index in [9.17, 15) is 18.0 Å². The van der Waals surface area contributed by atoms with Crippen molar-refractivity contribution in [3.05, 3.63) is 65.5 Å².